The van der Waals surface area contributed by atoms with E-state index in [4.69, 9.17) is 11.6 Å². The maximum Gasteiger partial charge on any atom is 0.252 e. The summed E-state index contributed by atoms with van der Waals surface area (Å²) >= 11 is 6.13. The van der Waals surface area contributed by atoms with Crippen LogP contribution in [0.3, 0.4) is 0 Å². The molecule has 0 spiro atoms. The first-order chi connectivity index (χ1) is 11.0. The van der Waals surface area contributed by atoms with E-state index in [1.54, 1.807) is 10.7 Å². The Balaban J connectivity index is 1.94. The number of aryl methyl sites for hydroxylation is 3. The highest BCUT2D eigenvalue weighted by Gasteiger charge is 2.17. The van der Waals surface area contributed by atoms with Crippen molar-refractivity contribution >= 4 is 28.5 Å². The highest BCUT2D eigenvalue weighted by atomic mass is 35.5. The van der Waals surface area contributed by atoms with E-state index in [2.05, 4.69) is 15.4 Å². The molecule has 2 aromatic heterocycles. The lowest BCUT2D eigenvalue weighted by Crippen LogP contribution is -2.23. The molecule has 2 heterocycles. The molecule has 1 N–H and O–H groups in total. The summed E-state index contributed by atoms with van der Waals surface area (Å²) < 4.78 is 1.70. The van der Waals surface area contributed by atoms with E-state index in [0.717, 1.165) is 22.3 Å². The number of pyridine rings is 1. The van der Waals surface area contributed by atoms with Gasteiger partial charge >= 0.3 is 0 Å². The molecule has 23 heavy (non-hydrogen) atoms. The quantitative estimate of drug-likeness (QED) is 0.803. The van der Waals surface area contributed by atoms with Crippen LogP contribution in [0.4, 0.5) is 0 Å². The number of amides is 1. The summed E-state index contributed by atoms with van der Waals surface area (Å²) in [5.41, 5.74) is 3.75. The zero-order chi connectivity index (χ0) is 16.6. The lowest BCUT2D eigenvalue weighted by Gasteiger charge is -2.09. The highest BCUT2D eigenvalue weighted by molar-refractivity contribution is 6.31. The highest BCUT2D eigenvalue weighted by Crippen LogP contribution is 2.22. The molecule has 0 bridgehead atoms. The van der Waals surface area contributed by atoms with Gasteiger partial charge in [-0.1, -0.05) is 29.8 Å². The molecule has 0 aliphatic rings. The van der Waals surface area contributed by atoms with Gasteiger partial charge in [0.25, 0.3) is 5.91 Å². The van der Waals surface area contributed by atoms with Crippen molar-refractivity contribution in [2.45, 2.75) is 20.4 Å². The number of nitrogens with one attached hydrogen (secondary N) is 1. The number of aromatic nitrogens is 3. The van der Waals surface area contributed by atoms with Crippen molar-refractivity contribution < 1.29 is 4.79 Å². The molecule has 5 nitrogen and oxygen atoms in total. The Bertz CT molecular complexity index is 901. The Morgan fingerprint density at radius 1 is 1.30 bits per heavy atom. The van der Waals surface area contributed by atoms with Crippen molar-refractivity contribution in [3.63, 3.8) is 0 Å². The van der Waals surface area contributed by atoms with Crippen LogP contribution in [-0.2, 0) is 13.6 Å². The Kier molecular flexibility index (Phi) is 4.05. The lowest BCUT2D eigenvalue weighted by atomic mass is 10.1. The normalized spacial score (nSPS) is 11.0. The zero-order valence-corrected chi connectivity index (χ0v) is 14.0. The van der Waals surface area contributed by atoms with Crippen molar-refractivity contribution in [1.82, 2.24) is 20.1 Å². The Hall–Kier alpha value is -2.40. The molecule has 0 radical (unpaired) electrons. The van der Waals surface area contributed by atoms with Gasteiger partial charge in [0.15, 0.2) is 5.65 Å². The fraction of sp³-hybridized carbons (Fsp3) is 0.235. The summed E-state index contributed by atoms with van der Waals surface area (Å²) in [5.74, 6) is -0.156. The van der Waals surface area contributed by atoms with E-state index >= 15 is 0 Å². The van der Waals surface area contributed by atoms with Crippen molar-refractivity contribution in [2.75, 3.05) is 0 Å². The third kappa shape index (κ3) is 2.92. The van der Waals surface area contributed by atoms with Crippen molar-refractivity contribution in [3.05, 3.63) is 57.9 Å². The second kappa shape index (κ2) is 6.01. The van der Waals surface area contributed by atoms with Crippen LogP contribution < -0.4 is 5.32 Å². The summed E-state index contributed by atoms with van der Waals surface area (Å²) in [6, 6.07) is 9.25. The van der Waals surface area contributed by atoms with E-state index < -0.39 is 0 Å². The molecule has 0 atom stereocenters. The average molecular weight is 329 g/mol. The molecule has 3 rings (SSSR count). The number of hydrogen-bond acceptors (Lipinski definition) is 3. The van der Waals surface area contributed by atoms with Crippen LogP contribution in [0.5, 0.6) is 0 Å². The van der Waals surface area contributed by atoms with Gasteiger partial charge in [-0.2, -0.15) is 5.10 Å². The molecule has 0 fully saturated rings. The summed E-state index contributed by atoms with van der Waals surface area (Å²) in [6.45, 7) is 4.12. The predicted molar refractivity (Wildman–Crippen MR) is 90.6 cm³/mol. The van der Waals surface area contributed by atoms with Gasteiger partial charge in [0.2, 0.25) is 0 Å². The molecule has 118 valence electrons. The van der Waals surface area contributed by atoms with Crippen LogP contribution >= 0.6 is 11.6 Å². The first-order valence-electron chi connectivity index (χ1n) is 7.30. The van der Waals surface area contributed by atoms with Gasteiger partial charge in [-0.15, -0.1) is 0 Å². The lowest BCUT2D eigenvalue weighted by molar-refractivity contribution is 0.0952. The molecule has 0 aliphatic carbocycles. The maximum atomic E-state index is 12.6. The van der Waals surface area contributed by atoms with Gasteiger partial charge in [-0.05, 0) is 31.5 Å². The van der Waals surface area contributed by atoms with E-state index in [1.807, 2.05) is 45.2 Å². The fourth-order valence-corrected chi connectivity index (χ4v) is 2.86. The second-order valence-corrected chi connectivity index (χ2v) is 5.90. The molecular formula is C17H17ClN4O. The minimum atomic E-state index is -0.156. The van der Waals surface area contributed by atoms with Crippen LogP contribution in [0, 0.1) is 13.8 Å². The summed E-state index contributed by atoms with van der Waals surface area (Å²) in [7, 11) is 1.83. The number of halogens is 1. The molecule has 0 saturated heterocycles. The van der Waals surface area contributed by atoms with E-state index in [1.165, 1.54) is 0 Å². The monoisotopic (exact) mass is 328 g/mol. The Labute approximate surface area is 139 Å². The zero-order valence-electron chi connectivity index (χ0n) is 13.2. The second-order valence-electron chi connectivity index (χ2n) is 5.49. The molecule has 0 aliphatic heterocycles. The molecule has 6 heteroatoms. The number of benzene rings is 1. The molecular weight excluding hydrogens is 312 g/mol. The molecule has 1 amide bonds. The number of rotatable bonds is 3. The first kappa shape index (κ1) is 15.5. The van der Waals surface area contributed by atoms with Crippen LogP contribution in [0.25, 0.3) is 11.0 Å². The number of carbonyl (C=O) groups is 1. The summed E-state index contributed by atoms with van der Waals surface area (Å²) in [4.78, 5) is 17.1. The van der Waals surface area contributed by atoms with E-state index in [-0.39, 0.29) is 5.91 Å². The summed E-state index contributed by atoms with van der Waals surface area (Å²) in [6.07, 6.45) is 0. The van der Waals surface area contributed by atoms with Crippen molar-refractivity contribution in [1.29, 1.82) is 0 Å². The van der Waals surface area contributed by atoms with Crippen LogP contribution in [0.15, 0.2) is 30.3 Å². The topological polar surface area (TPSA) is 59.8 Å². The van der Waals surface area contributed by atoms with Crippen LogP contribution in [0.1, 0.15) is 27.3 Å². The minimum absolute atomic E-state index is 0.156. The molecule has 0 unspecified atom stereocenters. The standard InChI is InChI=1S/C17H17ClN4O/c1-10-8-13(15-11(2)21-22(3)16(15)20-10)17(23)19-9-12-6-4-5-7-14(12)18/h4-8H,9H2,1-3H3,(H,19,23). The molecule has 0 saturated carbocycles. The fourth-order valence-electron chi connectivity index (χ4n) is 2.66. The third-order valence-corrected chi connectivity index (χ3v) is 4.11. The number of carbonyl (C=O) groups excluding carboxylic acids is 1. The van der Waals surface area contributed by atoms with Crippen molar-refractivity contribution in [3.8, 4) is 0 Å². The smallest absolute Gasteiger partial charge is 0.252 e. The number of nitrogens with zero attached hydrogens (tertiary/aromatic N) is 3. The summed E-state index contributed by atoms with van der Waals surface area (Å²) in [5, 5.41) is 8.71. The van der Waals surface area contributed by atoms with Gasteiger partial charge in [0.05, 0.1) is 16.6 Å². The Morgan fingerprint density at radius 3 is 2.78 bits per heavy atom. The van der Waals surface area contributed by atoms with Crippen molar-refractivity contribution in [2.24, 2.45) is 7.05 Å². The average Bonchev–Trinajstić information content (AvgIpc) is 2.80. The van der Waals surface area contributed by atoms with Gasteiger partial charge in [-0.3, -0.25) is 9.48 Å². The van der Waals surface area contributed by atoms with Crippen LogP contribution in [0.2, 0.25) is 5.02 Å². The largest absolute Gasteiger partial charge is 0.348 e. The third-order valence-electron chi connectivity index (χ3n) is 3.74. The van der Waals surface area contributed by atoms with Gasteiger partial charge in [0, 0.05) is 24.3 Å². The van der Waals surface area contributed by atoms with Gasteiger partial charge < -0.3 is 5.32 Å². The molecule has 3 aromatic rings. The minimum Gasteiger partial charge on any atom is -0.348 e. The number of fused-ring (bicyclic) bond motifs is 1. The van der Waals surface area contributed by atoms with Gasteiger partial charge in [-0.25, -0.2) is 4.98 Å². The molecule has 1 aromatic carbocycles. The first-order valence-corrected chi connectivity index (χ1v) is 7.67. The SMILES string of the molecule is Cc1cc(C(=O)NCc2ccccc2Cl)c2c(C)nn(C)c2n1. The van der Waals surface area contributed by atoms with Crippen LogP contribution in [-0.4, -0.2) is 20.7 Å². The predicted octanol–water partition coefficient (Wildman–Crippen LogP) is 3.17. The van der Waals surface area contributed by atoms with E-state index in [9.17, 15) is 4.79 Å². The Morgan fingerprint density at radius 2 is 2.04 bits per heavy atom. The maximum absolute atomic E-state index is 12.6. The van der Waals surface area contributed by atoms with E-state index in [0.29, 0.717) is 22.8 Å². The van der Waals surface area contributed by atoms with Gasteiger partial charge in [0.1, 0.15) is 0 Å². The number of hydrogen-bond donors (Lipinski definition) is 1.